The van der Waals surface area contributed by atoms with Gasteiger partial charge in [0.15, 0.2) is 0 Å². The fourth-order valence-electron chi connectivity index (χ4n) is 1.91. The van der Waals surface area contributed by atoms with Crippen LogP contribution in [0.2, 0.25) is 0 Å². The molecule has 0 unspecified atom stereocenters. The molecular weight excluding hydrogens is 186 g/mol. The van der Waals surface area contributed by atoms with Crippen molar-refractivity contribution in [3.63, 3.8) is 0 Å². The molecule has 84 valence electrons. The molecule has 0 spiro atoms. The van der Waals surface area contributed by atoms with Gasteiger partial charge in [-0.1, -0.05) is 13.8 Å². The van der Waals surface area contributed by atoms with Crippen LogP contribution in [0, 0.1) is 13.8 Å². The van der Waals surface area contributed by atoms with Crippen LogP contribution in [0.25, 0.3) is 0 Å². The monoisotopic (exact) mass is 207 g/mol. The molecule has 15 heavy (non-hydrogen) atoms. The lowest BCUT2D eigenvalue weighted by Crippen LogP contribution is -2.18. The zero-order valence-corrected chi connectivity index (χ0v) is 10.5. The van der Waals surface area contributed by atoms with Crippen LogP contribution in [-0.2, 0) is 0 Å². The van der Waals surface area contributed by atoms with E-state index in [0.717, 1.165) is 17.2 Å². The van der Waals surface area contributed by atoms with Gasteiger partial charge in [0, 0.05) is 11.4 Å². The Labute approximate surface area is 92.3 Å². The van der Waals surface area contributed by atoms with Crippen molar-refractivity contribution in [1.29, 1.82) is 0 Å². The van der Waals surface area contributed by atoms with E-state index in [0.29, 0.717) is 5.92 Å². The first-order chi connectivity index (χ1) is 6.97. The smallest absolute Gasteiger partial charge is 0.145 e. The van der Waals surface area contributed by atoms with Crippen molar-refractivity contribution < 1.29 is 0 Å². The number of hydrogen-bond acceptors (Lipinski definition) is 3. The maximum atomic E-state index is 4.55. The van der Waals surface area contributed by atoms with Crippen molar-refractivity contribution in [2.45, 2.75) is 46.6 Å². The van der Waals surface area contributed by atoms with Gasteiger partial charge in [0.1, 0.15) is 5.82 Å². The van der Waals surface area contributed by atoms with Crippen LogP contribution in [0.5, 0.6) is 0 Å². The number of rotatable bonds is 3. The van der Waals surface area contributed by atoms with Gasteiger partial charge >= 0.3 is 0 Å². The van der Waals surface area contributed by atoms with Crippen molar-refractivity contribution in [3.05, 3.63) is 22.8 Å². The molecule has 1 aromatic rings. The van der Waals surface area contributed by atoms with Crippen LogP contribution in [0.3, 0.4) is 0 Å². The van der Waals surface area contributed by atoms with Gasteiger partial charge in [0.25, 0.3) is 0 Å². The van der Waals surface area contributed by atoms with Gasteiger partial charge in [-0.2, -0.15) is 0 Å². The lowest BCUT2D eigenvalue weighted by Gasteiger charge is -2.16. The Hall–Kier alpha value is -0.960. The molecule has 0 aliphatic rings. The van der Waals surface area contributed by atoms with Gasteiger partial charge in [-0.15, -0.1) is 0 Å². The third-order valence-corrected chi connectivity index (χ3v) is 2.74. The highest BCUT2D eigenvalue weighted by atomic mass is 15.0. The van der Waals surface area contributed by atoms with E-state index in [4.69, 9.17) is 0 Å². The van der Waals surface area contributed by atoms with Crippen molar-refractivity contribution in [3.8, 4) is 0 Å². The second kappa shape index (κ2) is 4.71. The summed E-state index contributed by atoms with van der Waals surface area (Å²) in [7, 11) is 1.93. The standard InChI is InChI=1S/C12H21N3/c1-7(2)11-8(3)14-12(10(5)13-6)15-9(11)4/h7,10,13H,1-6H3/t10-/m1/s1. The normalized spacial score (nSPS) is 13.3. The third kappa shape index (κ3) is 2.53. The average molecular weight is 207 g/mol. The highest BCUT2D eigenvalue weighted by Crippen LogP contribution is 2.21. The van der Waals surface area contributed by atoms with Gasteiger partial charge in [0.05, 0.1) is 6.04 Å². The molecule has 0 amide bonds. The van der Waals surface area contributed by atoms with Crippen LogP contribution in [-0.4, -0.2) is 17.0 Å². The van der Waals surface area contributed by atoms with E-state index in [1.165, 1.54) is 5.56 Å². The van der Waals surface area contributed by atoms with Crippen LogP contribution < -0.4 is 5.32 Å². The molecule has 0 aliphatic carbocycles. The van der Waals surface area contributed by atoms with E-state index in [-0.39, 0.29) is 6.04 Å². The van der Waals surface area contributed by atoms with Gasteiger partial charge in [-0.3, -0.25) is 0 Å². The molecule has 1 heterocycles. The second-order valence-corrected chi connectivity index (χ2v) is 4.33. The van der Waals surface area contributed by atoms with Gasteiger partial charge in [-0.05, 0) is 39.3 Å². The fourth-order valence-corrected chi connectivity index (χ4v) is 1.91. The second-order valence-electron chi connectivity index (χ2n) is 4.33. The summed E-state index contributed by atoms with van der Waals surface area (Å²) in [4.78, 5) is 9.10. The molecule has 1 atom stereocenters. The van der Waals surface area contributed by atoms with Crippen LogP contribution in [0.4, 0.5) is 0 Å². The Bertz CT molecular complexity index is 322. The molecule has 0 bridgehead atoms. The van der Waals surface area contributed by atoms with Crippen molar-refractivity contribution in [2.75, 3.05) is 7.05 Å². The minimum absolute atomic E-state index is 0.212. The molecule has 0 saturated heterocycles. The minimum atomic E-state index is 0.212. The van der Waals surface area contributed by atoms with Gasteiger partial charge < -0.3 is 5.32 Å². The molecule has 0 fully saturated rings. The lowest BCUT2D eigenvalue weighted by atomic mass is 10.00. The maximum Gasteiger partial charge on any atom is 0.145 e. The lowest BCUT2D eigenvalue weighted by molar-refractivity contribution is 0.600. The summed E-state index contributed by atoms with van der Waals surface area (Å²) in [6.07, 6.45) is 0. The van der Waals surface area contributed by atoms with Crippen molar-refractivity contribution >= 4 is 0 Å². The first-order valence-electron chi connectivity index (χ1n) is 5.49. The number of nitrogens with one attached hydrogen (secondary N) is 1. The van der Waals surface area contributed by atoms with E-state index < -0.39 is 0 Å². The molecule has 3 heteroatoms. The first-order valence-corrected chi connectivity index (χ1v) is 5.49. The molecule has 0 radical (unpaired) electrons. The minimum Gasteiger partial charge on any atom is -0.311 e. The zero-order valence-electron chi connectivity index (χ0n) is 10.5. The highest BCUT2D eigenvalue weighted by Gasteiger charge is 2.14. The van der Waals surface area contributed by atoms with E-state index in [1.54, 1.807) is 0 Å². The van der Waals surface area contributed by atoms with Gasteiger partial charge in [-0.25, -0.2) is 9.97 Å². The van der Waals surface area contributed by atoms with E-state index in [1.807, 2.05) is 7.05 Å². The number of hydrogen-bond donors (Lipinski definition) is 1. The van der Waals surface area contributed by atoms with Crippen LogP contribution >= 0.6 is 0 Å². The molecular formula is C12H21N3. The summed E-state index contributed by atoms with van der Waals surface area (Å²) in [5.41, 5.74) is 3.49. The third-order valence-electron chi connectivity index (χ3n) is 2.74. The average Bonchev–Trinajstić information content (AvgIpc) is 2.14. The van der Waals surface area contributed by atoms with Crippen LogP contribution in [0.1, 0.15) is 55.5 Å². The maximum absolute atomic E-state index is 4.55. The molecule has 1 aromatic heterocycles. The number of aryl methyl sites for hydroxylation is 2. The Morgan fingerprint density at radius 3 is 1.80 bits per heavy atom. The van der Waals surface area contributed by atoms with E-state index in [2.05, 4.69) is 49.9 Å². The van der Waals surface area contributed by atoms with Crippen molar-refractivity contribution in [1.82, 2.24) is 15.3 Å². The molecule has 0 aliphatic heterocycles. The SMILES string of the molecule is CN[C@H](C)c1nc(C)c(C(C)C)c(C)n1. The van der Waals surface area contributed by atoms with E-state index >= 15 is 0 Å². The Kier molecular flexibility index (Phi) is 3.80. The quantitative estimate of drug-likeness (QED) is 0.827. The zero-order chi connectivity index (χ0) is 11.6. The van der Waals surface area contributed by atoms with Crippen molar-refractivity contribution in [2.24, 2.45) is 0 Å². The summed E-state index contributed by atoms with van der Waals surface area (Å²) < 4.78 is 0. The highest BCUT2D eigenvalue weighted by molar-refractivity contribution is 5.27. The Morgan fingerprint density at radius 1 is 1.00 bits per heavy atom. The molecule has 3 nitrogen and oxygen atoms in total. The predicted molar refractivity (Wildman–Crippen MR) is 63.1 cm³/mol. The number of nitrogens with zero attached hydrogens (tertiary/aromatic N) is 2. The Morgan fingerprint density at radius 2 is 1.47 bits per heavy atom. The summed E-state index contributed by atoms with van der Waals surface area (Å²) in [5, 5.41) is 3.16. The Balaban J connectivity index is 3.19. The summed E-state index contributed by atoms with van der Waals surface area (Å²) >= 11 is 0. The molecule has 1 N–H and O–H groups in total. The first kappa shape index (κ1) is 12.1. The molecule has 0 saturated carbocycles. The predicted octanol–water partition coefficient (Wildman–Crippen LogP) is 2.50. The van der Waals surface area contributed by atoms with Gasteiger partial charge in [0.2, 0.25) is 0 Å². The number of aromatic nitrogens is 2. The summed E-state index contributed by atoms with van der Waals surface area (Å²) in [5.74, 6) is 1.38. The summed E-state index contributed by atoms with van der Waals surface area (Å²) in [6.45, 7) is 10.6. The largest absolute Gasteiger partial charge is 0.311 e. The van der Waals surface area contributed by atoms with Crippen LogP contribution in [0.15, 0.2) is 0 Å². The topological polar surface area (TPSA) is 37.8 Å². The summed E-state index contributed by atoms with van der Waals surface area (Å²) in [6, 6.07) is 0.212. The fraction of sp³-hybridized carbons (Fsp3) is 0.667. The molecule has 0 aromatic carbocycles. The molecule has 1 rings (SSSR count). The van der Waals surface area contributed by atoms with E-state index in [9.17, 15) is 0 Å².